The molecule has 144 valence electrons. The fraction of sp³-hybridized carbons (Fsp3) is 0.556. The van der Waals surface area contributed by atoms with E-state index in [-0.39, 0.29) is 11.9 Å². The van der Waals surface area contributed by atoms with Gasteiger partial charge in [-0.15, -0.1) is 0 Å². The third-order valence-electron chi connectivity index (χ3n) is 4.33. The van der Waals surface area contributed by atoms with E-state index in [0.29, 0.717) is 24.4 Å². The number of hydrogen-bond acceptors (Lipinski definition) is 4. The van der Waals surface area contributed by atoms with Crippen molar-refractivity contribution in [2.24, 2.45) is 4.99 Å². The third-order valence-corrected chi connectivity index (χ3v) is 5.46. The summed E-state index contributed by atoms with van der Waals surface area (Å²) in [5, 5.41) is 6.62. The van der Waals surface area contributed by atoms with Gasteiger partial charge < -0.3 is 15.5 Å². The molecule has 1 unspecified atom stereocenters. The predicted octanol–water partition coefficient (Wildman–Crippen LogP) is 0.809. The summed E-state index contributed by atoms with van der Waals surface area (Å²) in [6.07, 6.45) is 3.29. The van der Waals surface area contributed by atoms with Crippen molar-refractivity contribution in [3.63, 3.8) is 0 Å². The van der Waals surface area contributed by atoms with Crippen LogP contribution in [0.5, 0.6) is 0 Å². The molecule has 0 bridgehead atoms. The highest BCUT2D eigenvalue weighted by Gasteiger charge is 2.23. The molecule has 1 saturated heterocycles. The number of rotatable bonds is 6. The van der Waals surface area contributed by atoms with Gasteiger partial charge in [0.15, 0.2) is 15.8 Å². The van der Waals surface area contributed by atoms with Gasteiger partial charge in [0.05, 0.1) is 4.90 Å². The number of likely N-dealkylation sites (tertiary alicyclic amines) is 1. The van der Waals surface area contributed by atoms with Crippen LogP contribution < -0.4 is 10.6 Å². The van der Waals surface area contributed by atoms with Crippen LogP contribution in [-0.2, 0) is 21.1 Å². The van der Waals surface area contributed by atoms with Gasteiger partial charge in [-0.3, -0.25) is 9.79 Å². The first kappa shape index (κ1) is 20.2. The molecule has 1 aliphatic heterocycles. The highest BCUT2D eigenvalue weighted by molar-refractivity contribution is 7.90. The minimum atomic E-state index is -3.16. The number of nitrogens with one attached hydrogen (secondary N) is 2. The van der Waals surface area contributed by atoms with Crippen LogP contribution >= 0.6 is 0 Å². The molecule has 0 aliphatic carbocycles. The SMILES string of the molecule is CCNC(=NCCc1ccc(S(C)(=O)=O)cc1)NC1CCC(=O)N(C)C1. The number of guanidine groups is 1. The van der Waals surface area contributed by atoms with Gasteiger partial charge in [-0.2, -0.15) is 0 Å². The van der Waals surface area contributed by atoms with Gasteiger partial charge >= 0.3 is 0 Å². The normalized spacial score (nSPS) is 18.7. The number of hydrogen-bond donors (Lipinski definition) is 2. The molecule has 8 heteroatoms. The average Bonchev–Trinajstić information content (AvgIpc) is 2.58. The number of carbonyl (C=O) groups is 1. The van der Waals surface area contributed by atoms with Crippen LogP contribution in [-0.4, -0.2) is 64.2 Å². The fourth-order valence-electron chi connectivity index (χ4n) is 2.84. The lowest BCUT2D eigenvalue weighted by atomic mass is 10.1. The highest BCUT2D eigenvalue weighted by atomic mass is 32.2. The Balaban J connectivity index is 1.91. The molecule has 0 saturated carbocycles. The van der Waals surface area contributed by atoms with Crippen molar-refractivity contribution in [1.82, 2.24) is 15.5 Å². The summed E-state index contributed by atoms with van der Waals surface area (Å²) in [5.41, 5.74) is 1.04. The topological polar surface area (TPSA) is 90.9 Å². The molecule has 1 aromatic rings. The minimum absolute atomic E-state index is 0.183. The van der Waals surface area contributed by atoms with Crippen molar-refractivity contribution in [3.05, 3.63) is 29.8 Å². The van der Waals surface area contributed by atoms with Crippen molar-refractivity contribution in [1.29, 1.82) is 0 Å². The Morgan fingerprint density at radius 1 is 1.31 bits per heavy atom. The first-order valence-corrected chi connectivity index (χ1v) is 10.8. The van der Waals surface area contributed by atoms with Gasteiger partial charge in [0.2, 0.25) is 5.91 Å². The number of sulfone groups is 1. The molecule has 1 aromatic carbocycles. The van der Waals surface area contributed by atoms with E-state index in [1.807, 2.05) is 26.1 Å². The van der Waals surface area contributed by atoms with Crippen molar-refractivity contribution >= 4 is 21.7 Å². The van der Waals surface area contributed by atoms with Crippen LogP contribution in [0.25, 0.3) is 0 Å². The number of nitrogens with zero attached hydrogens (tertiary/aromatic N) is 2. The van der Waals surface area contributed by atoms with Gasteiger partial charge in [-0.1, -0.05) is 12.1 Å². The maximum atomic E-state index is 11.6. The fourth-order valence-corrected chi connectivity index (χ4v) is 3.47. The lowest BCUT2D eigenvalue weighted by Gasteiger charge is -2.31. The summed E-state index contributed by atoms with van der Waals surface area (Å²) in [4.78, 5) is 18.2. The lowest BCUT2D eigenvalue weighted by Crippen LogP contribution is -2.51. The van der Waals surface area contributed by atoms with Crippen molar-refractivity contribution in [2.45, 2.75) is 37.1 Å². The molecular formula is C18H28N4O3S. The van der Waals surface area contributed by atoms with Gasteiger partial charge in [-0.05, 0) is 37.5 Å². The lowest BCUT2D eigenvalue weighted by molar-refractivity contribution is -0.132. The Hall–Kier alpha value is -2.09. The Kier molecular flexibility index (Phi) is 7.02. The molecular weight excluding hydrogens is 352 g/mol. The molecule has 0 radical (unpaired) electrons. The van der Waals surface area contributed by atoms with E-state index < -0.39 is 9.84 Å². The Bertz CT molecular complexity index is 744. The molecule has 1 heterocycles. The Morgan fingerprint density at radius 2 is 2.00 bits per heavy atom. The van der Waals surface area contributed by atoms with E-state index in [1.54, 1.807) is 17.0 Å². The monoisotopic (exact) mass is 380 g/mol. The van der Waals surface area contributed by atoms with Crippen LogP contribution in [0.3, 0.4) is 0 Å². The smallest absolute Gasteiger partial charge is 0.222 e. The van der Waals surface area contributed by atoms with E-state index in [1.165, 1.54) is 6.26 Å². The molecule has 1 amide bonds. The van der Waals surface area contributed by atoms with Crippen LogP contribution in [0.4, 0.5) is 0 Å². The molecule has 1 fully saturated rings. The molecule has 2 N–H and O–H groups in total. The molecule has 1 atom stereocenters. The second kappa shape index (κ2) is 9.02. The zero-order valence-corrected chi connectivity index (χ0v) is 16.5. The van der Waals surface area contributed by atoms with Crippen LogP contribution in [0.15, 0.2) is 34.2 Å². The zero-order chi connectivity index (χ0) is 19.2. The van der Waals surface area contributed by atoms with Gasteiger partial charge in [-0.25, -0.2) is 8.42 Å². The summed E-state index contributed by atoms with van der Waals surface area (Å²) in [6, 6.07) is 7.12. The molecule has 7 nitrogen and oxygen atoms in total. The zero-order valence-electron chi connectivity index (χ0n) is 15.7. The van der Waals surface area contributed by atoms with Gasteiger partial charge in [0.1, 0.15) is 0 Å². The summed E-state index contributed by atoms with van der Waals surface area (Å²) in [6.45, 7) is 4.04. The molecule has 0 spiro atoms. The van der Waals surface area contributed by atoms with E-state index in [0.717, 1.165) is 30.9 Å². The Labute approximate surface area is 155 Å². The summed E-state index contributed by atoms with van der Waals surface area (Å²) >= 11 is 0. The average molecular weight is 381 g/mol. The predicted molar refractivity (Wildman–Crippen MR) is 103 cm³/mol. The number of piperidine rings is 1. The summed E-state index contributed by atoms with van der Waals surface area (Å²) < 4.78 is 23.0. The minimum Gasteiger partial charge on any atom is -0.357 e. The summed E-state index contributed by atoms with van der Waals surface area (Å²) in [5.74, 6) is 0.926. The molecule has 0 aromatic heterocycles. The van der Waals surface area contributed by atoms with Crippen molar-refractivity contribution in [2.75, 3.05) is 32.9 Å². The quantitative estimate of drug-likeness (QED) is 0.563. The second-order valence-corrected chi connectivity index (χ2v) is 8.60. The Morgan fingerprint density at radius 3 is 2.58 bits per heavy atom. The van der Waals surface area contributed by atoms with Crippen molar-refractivity contribution < 1.29 is 13.2 Å². The number of aliphatic imine (C=N–C) groups is 1. The molecule has 2 rings (SSSR count). The van der Waals surface area contributed by atoms with Crippen LogP contribution in [0.1, 0.15) is 25.3 Å². The standard InChI is InChI=1S/C18H28N4O3S/c1-4-19-18(21-15-7-10-17(23)22(2)13-15)20-12-11-14-5-8-16(9-6-14)26(3,24)25/h5-6,8-9,15H,4,7,10-13H2,1-3H3,(H2,19,20,21). The van der Waals surface area contributed by atoms with Crippen LogP contribution in [0.2, 0.25) is 0 Å². The largest absolute Gasteiger partial charge is 0.357 e. The number of amides is 1. The highest BCUT2D eigenvalue weighted by Crippen LogP contribution is 2.11. The first-order chi connectivity index (χ1) is 12.3. The molecule has 26 heavy (non-hydrogen) atoms. The first-order valence-electron chi connectivity index (χ1n) is 8.87. The number of likely N-dealkylation sites (N-methyl/N-ethyl adjacent to an activating group) is 1. The van der Waals surface area contributed by atoms with E-state index >= 15 is 0 Å². The number of carbonyl (C=O) groups excluding carboxylic acids is 1. The molecule has 1 aliphatic rings. The van der Waals surface area contributed by atoms with E-state index in [9.17, 15) is 13.2 Å². The second-order valence-electron chi connectivity index (χ2n) is 6.58. The van der Waals surface area contributed by atoms with E-state index in [4.69, 9.17) is 0 Å². The van der Waals surface area contributed by atoms with Crippen molar-refractivity contribution in [3.8, 4) is 0 Å². The van der Waals surface area contributed by atoms with Gasteiger partial charge in [0.25, 0.3) is 0 Å². The third kappa shape index (κ3) is 6.01. The van der Waals surface area contributed by atoms with Crippen LogP contribution in [0, 0.1) is 0 Å². The maximum Gasteiger partial charge on any atom is 0.222 e. The summed E-state index contributed by atoms with van der Waals surface area (Å²) in [7, 11) is -1.34. The van der Waals surface area contributed by atoms with Gasteiger partial charge in [0, 0.05) is 45.4 Å². The number of benzene rings is 1. The van der Waals surface area contributed by atoms with E-state index in [2.05, 4.69) is 15.6 Å². The maximum absolute atomic E-state index is 11.6.